The molecular formula is C14H16F4N2. The largest absolute Gasteiger partial charge is 0.412 e. The summed E-state index contributed by atoms with van der Waals surface area (Å²) in [6.45, 7) is 1.96. The molecule has 0 amide bonds. The van der Waals surface area contributed by atoms with Crippen LogP contribution in [0.15, 0.2) is 29.8 Å². The van der Waals surface area contributed by atoms with Crippen LogP contribution in [0.1, 0.15) is 24.9 Å². The summed E-state index contributed by atoms with van der Waals surface area (Å²) in [4.78, 5) is 1.59. The van der Waals surface area contributed by atoms with Gasteiger partial charge in [0.05, 0.1) is 5.69 Å². The third-order valence-corrected chi connectivity index (χ3v) is 3.41. The SMILES string of the molecule is C[C@H](N)c1ccc(N2CC=C(C(F)(F)F)CC2)c(F)c1. The van der Waals surface area contributed by atoms with Crippen LogP contribution in [-0.4, -0.2) is 19.3 Å². The van der Waals surface area contributed by atoms with Gasteiger partial charge in [0.25, 0.3) is 0 Å². The Morgan fingerprint density at radius 2 is 2.00 bits per heavy atom. The van der Waals surface area contributed by atoms with E-state index in [0.717, 1.165) is 6.08 Å². The van der Waals surface area contributed by atoms with Gasteiger partial charge in [-0.3, -0.25) is 0 Å². The van der Waals surface area contributed by atoms with Crippen LogP contribution in [0.5, 0.6) is 0 Å². The predicted molar refractivity (Wildman–Crippen MR) is 70.0 cm³/mol. The van der Waals surface area contributed by atoms with E-state index < -0.39 is 17.6 Å². The molecular weight excluding hydrogens is 272 g/mol. The summed E-state index contributed by atoms with van der Waals surface area (Å²) in [6, 6.07) is 4.33. The van der Waals surface area contributed by atoms with Crippen LogP contribution in [0, 0.1) is 5.82 Å². The lowest BCUT2D eigenvalue weighted by Crippen LogP contribution is -2.32. The molecule has 2 rings (SSSR count). The van der Waals surface area contributed by atoms with Gasteiger partial charge < -0.3 is 10.6 Å². The van der Waals surface area contributed by atoms with Gasteiger partial charge >= 0.3 is 6.18 Å². The Balaban J connectivity index is 2.17. The van der Waals surface area contributed by atoms with Gasteiger partial charge in [-0.05, 0) is 31.0 Å². The molecule has 0 aromatic heterocycles. The number of halogens is 4. The lowest BCUT2D eigenvalue weighted by atomic mass is 10.1. The van der Waals surface area contributed by atoms with Crippen molar-refractivity contribution in [3.63, 3.8) is 0 Å². The molecule has 0 saturated carbocycles. The minimum absolute atomic E-state index is 0.0588. The van der Waals surface area contributed by atoms with Crippen LogP contribution < -0.4 is 10.6 Å². The Morgan fingerprint density at radius 3 is 2.45 bits per heavy atom. The second kappa shape index (κ2) is 5.44. The number of hydrogen-bond acceptors (Lipinski definition) is 2. The number of nitrogens with zero attached hydrogens (tertiary/aromatic N) is 1. The van der Waals surface area contributed by atoms with Gasteiger partial charge in [0.15, 0.2) is 0 Å². The predicted octanol–water partition coefficient (Wildman–Crippen LogP) is 3.54. The van der Waals surface area contributed by atoms with Gasteiger partial charge in [0.2, 0.25) is 0 Å². The van der Waals surface area contributed by atoms with Gasteiger partial charge in [0.1, 0.15) is 5.82 Å². The zero-order valence-corrected chi connectivity index (χ0v) is 11.0. The molecule has 0 spiro atoms. The third-order valence-electron chi connectivity index (χ3n) is 3.41. The van der Waals surface area contributed by atoms with E-state index in [2.05, 4.69) is 0 Å². The maximum Gasteiger partial charge on any atom is 0.412 e. The van der Waals surface area contributed by atoms with Crippen LogP contribution >= 0.6 is 0 Å². The topological polar surface area (TPSA) is 29.3 Å². The highest BCUT2D eigenvalue weighted by atomic mass is 19.4. The monoisotopic (exact) mass is 288 g/mol. The van der Waals surface area contributed by atoms with E-state index in [0.29, 0.717) is 11.3 Å². The van der Waals surface area contributed by atoms with Gasteiger partial charge in [0, 0.05) is 24.7 Å². The number of anilines is 1. The molecule has 0 saturated heterocycles. The molecule has 0 bridgehead atoms. The van der Waals surface area contributed by atoms with Crippen LogP contribution in [0.4, 0.5) is 23.2 Å². The number of alkyl halides is 3. The lowest BCUT2D eigenvalue weighted by molar-refractivity contribution is -0.0943. The molecule has 1 heterocycles. The summed E-state index contributed by atoms with van der Waals surface area (Å²) in [6.07, 6.45) is -3.30. The third kappa shape index (κ3) is 3.12. The summed E-state index contributed by atoms with van der Waals surface area (Å²) < 4.78 is 51.5. The fraction of sp³-hybridized carbons (Fsp3) is 0.429. The molecule has 1 atom stereocenters. The number of benzene rings is 1. The average Bonchev–Trinajstić information content (AvgIpc) is 2.37. The molecule has 1 aliphatic heterocycles. The van der Waals surface area contributed by atoms with Gasteiger partial charge in [-0.15, -0.1) is 0 Å². The van der Waals surface area contributed by atoms with Crippen LogP contribution in [0.25, 0.3) is 0 Å². The maximum atomic E-state index is 14.0. The van der Waals surface area contributed by atoms with Crippen molar-refractivity contribution in [1.82, 2.24) is 0 Å². The zero-order valence-electron chi connectivity index (χ0n) is 11.0. The maximum absolute atomic E-state index is 14.0. The van der Waals surface area contributed by atoms with Gasteiger partial charge in [-0.2, -0.15) is 13.2 Å². The Hall–Kier alpha value is -1.56. The van der Waals surface area contributed by atoms with Crippen LogP contribution in [-0.2, 0) is 0 Å². The summed E-state index contributed by atoms with van der Waals surface area (Å²) in [5.41, 5.74) is 6.10. The summed E-state index contributed by atoms with van der Waals surface area (Å²) >= 11 is 0. The Labute approximate surface area is 114 Å². The van der Waals surface area contributed by atoms with E-state index >= 15 is 0 Å². The van der Waals surface area contributed by atoms with Crippen molar-refractivity contribution >= 4 is 5.69 Å². The number of nitrogens with two attached hydrogens (primary N) is 1. The van der Waals surface area contributed by atoms with Crippen molar-refractivity contribution in [3.05, 3.63) is 41.2 Å². The first-order valence-electron chi connectivity index (χ1n) is 6.35. The molecule has 0 aliphatic carbocycles. The molecule has 0 unspecified atom stereocenters. The zero-order chi connectivity index (χ0) is 14.9. The minimum atomic E-state index is -4.29. The standard InChI is InChI=1S/C14H16F4N2/c1-9(19)10-2-3-13(12(15)8-10)20-6-4-11(5-7-20)14(16,17)18/h2-4,8-9H,5-7,19H2,1H3/t9-/m0/s1. The Morgan fingerprint density at radius 1 is 1.30 bits per heavy atom. The molecule has 20 heavy (non-hydrogen) atoms. The van der Waals surface area contributed by atoms with Crippen molar-refractivity contribution < 1.29 is 17.6 Å². The second-order valence-corrected chi connectivity index (χ2v) is 4.92. The fourth-order valence-corrected chi connectivity index (χ4v) is 2.21. The Bertz CT molecular complexity index is 520. The molecule has 1 aliphatic rings. The van der Waals surface area contributed by atoms with Gasteiger partial charge in [-0.1, -0.05) is 12.1 Å². The molecule has 6 heteroatoms. The summed E-state index contributed by atoms with van der Waals surface area (Å²) in [5, 5.41) is 0. The molecule has 2 nitrogen and oxygen atoms in total. The molecule has 110 valence electrons. The minimum Gasteiger partial charge on any atom is -0.365 e. The Kier molecular flexibility index (Phi) is 4.04. The van der Waals surface area contributed by atoms with Crippen LogP contribution in [0.2, 0.25) is 0 Å². The van der Waals surface area contributed by atoms with E-state index in [4.69, 9.17) is 5.73 Å². The first-order chi connectivity index (χ1) is 9.29. The molecule has 1 aromatic carbocycles. The normalized spacial score (nSPS) is 17.9. The highest BCUT2D eigenvalue weighted by Crippen LogP contribution is 2.32. The lowest BCUT2D eigenvalue weighted by Gasteiger charge is -2.29. The van der Waals surface area contributed by atoms with E-state index in [-0.39, 0.29) is 25.6 Å². The first-order valence-corrected chi connectivity index (χ1v) is 6.35. The molecule has 0 radical (unpaired) electrons. The van der Waals surface area contributed by atoms with Crippen molar-refractivity contribution in [3.8, 4) is 0 Å². The second-order valence-electron chi connectivity index (χ2n) is 4.92. The van der Waals surface area contributed by atoms with E-state index in [1.807, 2.05) is 0 Å². The summed E-state index contributed by atoms with van der Waals surface area (Å²) in [5.74, 6) is -0.455. The molecule has 1 aromatic rings. The van der Waals surface area contributed by atoms with Crippen molar-refractivity contribution in [2.75, 3.05) is 18.0 Å². The first kappa shape index (κ1) is 14.8. The quantitative estimate of drug-likeness (QED) is 0.666. The average molecular weight is 288 g/mol. The van der Waals surface area contributed by atoms with Crippen molar-refractivity contribution in [2.24, 2.45) is 5.73 Å². The van der Waals surface area contributed by atoms with Crippen molar-refractivity contribution in [2.45, 2.75) is 25.6 Å². The summed E-state index contributed by atoms with van der Waals surface area (Å²) in [7, 11) is 0. The van der Waals surface area contributed by atoms with Crippen LogP contribution in [0.3, 0.4) is 0 Å². The van der Waals surface area contributed by atoms with Crippen molar-refractivity contribution in [1.29, 1.82) is 0 Å². The van der Waals surface area contributed by atoms with E-state index in [9.17, 15) is 17.6 Å². The number of rotatable bonds is 2. The van der Waals surface area contributed by atoms with E-state index in [1.54, 1.807) is 24.0 Å². The van der Waals surface area contributed by atoms with E-state index in [1.165, 1.54) is 6.07 Å². The smallest absolute Gasteiger partial charge is 0.365 e. The molecule has 0 fully saturated rings. The highest BCUT2D eigenvalue weighted by molar-refractivity contribution is 5.51. The fourth-order valence-electron chi connectivity index (χ4n) is 2.21. The van der Waals surface area contributed by atoms with Gasteiger partial charge in [-0.25, -0.2) is 4.39 Å². The molecule has 2 N–H and O–H groups in total. The highest BCUT2D eigenvalue weighted by Gasteiger charge is 2.35. The number of hydrogen-bond donors (Lipinski definition) is 1.